The summed E-state index contributed by atoms with van der Waals surface area (Å²) in [5.74, 6) is 5.55. The van der Waals surface area contributed by atoms with Gasteiger partial charge in [0.1, 0.15) is 0 Å². The van der Waals surface area contributed by atoms with Crippen molar-refractivity contribution in [3.63, 3.8) is 0 Å². The quantitative estimate of drug-likeness (QED) is 0.367. The van der Waals surface area contributed by atoms with Crippen molar-refractivity contribution in [2.75, 3.05) is 20.3 Å². The molecule has 0 fully saturated rings. The smallest absolute Gasteiger partial charge is 0.0642 e. The first-order valence-corrected chi connectivity index (χ1v) is 4.31. The first-order valence-electron chi connectivity index (χ1n) is 4.31. The van der Waals surface area contributed by atoms with Gasteiger partial charge in [0.05, 0.1) is 6.67 Å². The summed E-state index contributed by atoms with van der Waals surface area (Å²) in [5.41, 5.74) is 0. The molecule has 3 nitrogen and oxygen atoms in total. The molecule has 0 saturated heterocycles. The van der Waals surface area contributed by atoms with Crippen molar-refractivity contribution in [2.45, 2.75) is 33.2 Å². The van der Waals surface area contributed by atoms with Crippen molar-refractivity contribution in [2.24, 2.45) is 5.84 Å². The lowest BCUT2D eigenvalue weighted by Gasteiger charge is -2.29. The highest BCUT2D eigenvalue weighted by Gasteiger charge is 2.09. The first kappa shape index (κ1) is 10.9. The van der Waals surface area contributed by atoms with Crippen LogP contribution in [0.1, 0.15) is 27.2 Å². The summed E-state index contributed by atoms with van der Waals surface area (Å²) >= 11 is 0. The van der Waals surface area contributed by atoms with E-state index in [1.165, 1.54) is 6.42 Å². The number of hydrogen-bond donors (Lipinski definition) is 1. The minimum atomic E-state index is 0.631. The fourth-order valence-electron chi connectivity index (χ4n) is 1.10. The Morgan fingerprint density at radius 2 is 1.91 bits per heavy atom. The molecule has 0 radical (unpaired) electrons. The maximum absolute atomic E-state index is 5.55. The van der Waals surface area contributed by atoms with Gasteiger partial charge in [-0.25, -0.2) is 5.01 Å². The molecular weight excluding hydrogens is 138 g/mol. The fraction of sp³-hybridized carbons (Fsp3) is 1.00. The molecule has 0 heterocycles. The minimum Gasteiger partial charge on any atom is -0.287 e. The van der Waals surface area contributed by atoms with E-state index < -0.39 is 0 Å². The molecule has 0 saturated carbocycles. The van der Waals surface area contributed by atoms with Crippen molar-refractivity contribution in [1.82, 2.24) is 9.91 Å². The van der Waals surface area contributed by atoms with E-state index in [-0.39, 0.29) is 0 Å². The van der Waals surface area contributed by atoms with Gasteiger partial charge in [0.25, 0.3) is 0 Å². The summed E-state index contributed by atoms with van der Waals surface area (Å²) in [5, 5.41) is 1.72. The molecular formula is C8H21N3. The van der Waals surface area contributed by atoms with Crippen LogP contribution in [-0.4, -0.2) is 36.2 Å². The monoisotopic (exact) mass is 159 g/mol. The van der Waals surface area contributed by atoms with E-state index >= 15 is 0 Å². The molecule has 11 heavy (non-hydrogen) atoms. The number of nitrogens with zero attached hydrogens (tertiary/aromatic N) is 2. The van der Waals surface area contributed by atoms with E-state index in [9.17, 15) is 0 Å². The lowest BCUT2D eigenvalue weighted by atomic mass is 10.2. The Hall–Kier alpha value is -0.120. The predicted octanol–water partition coefficient (Wildman–Crippen LogP) is 0.870. The average Bonchev–Trinajstić information content (AvgIpc) is 1.98. The van der Waals surface area contributed by atoms with Crippen LogP contribution >= 0.6 is 0 Å². The largest absolute Gasteiger partial charge is 0.287 e. The Bertz CT molecular complexity index is 93.3. The number of hydrogen-bond acceptors (Lipinski definition) is 3. The Morgan fingerprint density at radius 1 is 1.36 bits per heavy atom. The molecule has 68 valence electrons. The van der Waals surface area contributed by atoms with Crippen LogP contribution in [0, 0.1) is 0 Å². The Kier molecular flexibility index (Phi) is 5.46. The van der Waals surface area contributed by atoms with Crippen molar-refractivity contribution >= 4 is 0 Å². The topological polar surface area (TPSA) is 32.5 Å². The van der Waals surface area contributed by atoms with Gasteiger partial charge in [-0.05, 0) is 19.9 Å². The highest BCUT2D eigenvalue weighted by Crippen LogP contribution is 2.01. The van der Waals surface area contributed by atoms with Crippen molar-refractivity contribution in [3.8, 4) is 0 Å². The summed E-state index contributed by atoms with van der Waals surface area (Å²) < 4.78 is 0. The molecule has 0 aromatic rings. The van der Waals surface area contributed by atoms with Gasteiger partial charge in [-0.3, -0.25) is 10.7 Å². The summed E-state index contributed by atoms with van der Waals surface area (Å²) in [4.78, 5) is 2.35. The van der Waals surface area contributed by atoms with Gasteiger partial charge < -0.3 is 0 Å². The molecule has 0 aromatic heterocycles. The van der Waals surface area contributed by atoms with Crippen LogP contribution < -0.4 is 5.84 Å². The third kappa shape index (κ3) is 4.35. The number of nitrogens with two attached hydrogens (primary N) is 1. The fourth-order valence-corrected chi connectivity index (χ4v) is 1.10. The van der Waals surface area contributed by atoms with Gasteiger partial charge in [0.15, 0.2) is 0 Å². The average molecular weight is 159 g/mol. The minimum absolute atomic E-state index is 0.631. The van der Waals surface area contributed by atoms with Crippen molar-refractivity contribution < 1.29 is 0 Å². The second-order valence-corrected chi connectivity index (χ2v) is 3.06. The van der Waals surface area contributed by atoms with E-state index in [2.05, 4.69) is 25.7 Å². The zero-order valence-corrected chi connectivity index (χ0v) is 8.17. The molecule has 0 amide bonds. The molecule has 1 atom stereocenters. The highest BCUT2D eigenvalue weighted by molar-refractivity contribution is 4.61. The second-order valence-electron chi connectivity index (χ2n) is 3.06. The Morgan fingerprint density at radius 3 is 2.18 bits per heavy atom. The number of hydrazine groups is 1. The van der Waals surface area contributed by atoms with E-state index in [0.29, 0.717) is 6.04 Å². The molecule has 0 bridgehead atoms. The van der Waals surface area contributed by atoms with Gasteiger partial charge in [0, 0.05) is 13.1 Å². The third-order valence-corrected chi connectivity index (χ3v) is 2.03. The van der Waals surface area contributed by atoms with Gasteiger partial charge in [-0.1, -0.05) is 13.8 Å². The predicted molar refractivity (Wildman–Crippen MR) is 49.0 cm³/mol. The zero-order chi connectivity index (χ0) is 8.85. The normalized spacial score (nSPS) is 14.5. The molecule has 0 aliphatic heterocycles. The van der Waals surface area contributed by atoms with E-state index in [1.807, 2.05) is 7.05 Å². The molecule has 0 spiro atoms. The molecule has 2 N–H and O–H groups in total. The van der Waals surface area contributed by atoms with Crippen LogP contribution in [0.4, 0.5) is 0 Å². The van der Waals surface area contributed by atoms with Gasteiger partial charge in [-0.15, -0.1) is 0 Å². The second kappa shape index (κ2) is 5.52. The van der Waals surface area contributed by atoms with Crippen LogP contribution in [0.5, 0.6) is 0 Å². The number of rotatable bonds is 5. The standard InChI is InChI=1S/C8H21N3/c1-5-8(3)11(6-2)7-10(4)9/h8H,5-7,9H2,1-4H3. The SMILES string of the molecule is CCC(C)N(CC)CN(C)N. The molecule has 0 rings (SSSR count). The highest BCUT2D eigenvalue weighted by atomic mass is 15.5. The lowest BCUT2D eigenvalue weighted by Crippen LogP contribution is -2.43. The molecule has 0 aliphatic rings. The lowest BCUT2D eigenvalue weighted by molar-refractivity contribution is 0.121. The maximum Gasteiger partial charge on any atom is 0.0642 e. The maximum atomic E-state index is 5.55. The molecule has 0 aromatic carbocycles. The van der Waals surface area contributed by atoms with Crippen molar-refractivity contribution in [1.29, 1.82) is 0 Å². The third-order valence-electron chi connectivity index (χ3n) is 2.03. The van der Waals surface area contributed by atoms with Crippen LogP contribution in [0.3, 0.4) is 0 Å². The summed E-state index contributed by atoms with van der Waals surface area (Å²) in [7, 11) is 1.89. The van der Waals surface area contributed by atoms with E-state index in [4.69, 9.17) is 5.84 Å². The zero-order valence-electron chi connectivity index (χ0n) is 8.17. The molecule has 0 aliphatic carbocycles. The molecule has 3 heteroatoms. The van der Waals surface area contributed by atoms with Crippen LogP contribution in [0.25, 0.3) is 0 Å². The van der Waals surface area contributed by atoms with Gasteiger partial charge in [0.2, 0.25) is 0 Å². The Labute approximate surface area is 70.1 Å². The summed E-state index contributed by atoms with van der Waals surface area (Å²) in [6, 6.07) is 0.631. The summed E-state index contributed by atoms with van der Waals surface area (Å²) in [6.45, 7) is 8.51. The van der Waals surface area contributed by atoms with Crippen LogP contribution in [0.15, 0.2) is 0 Å². The Balaban J connectivity index is 3.74. The molecule has 1 unspecified atom stereocenters. The van der Waals surface area contributed by atoms with Crippen molar-refractivity contribution in [3.05, 3.63) is 0 Å². The van der Waals surface area contributed by atoms with Gasteiger partial charge >= 0.3 is 0 Å². The summed E-state index contributed by atoms with van der Waals surface area (Å²) in [6.07, 6.45) is 1.18. The first-order chi connectivity index (χ1) is 5.11. The van der Waals surface area contributed by atoms with Crippen LogP contribution in [-0.2, 0) is 0 Å². The van der Waals surface area contributed by atoms with Gasteiger partial charge in [-0.2, -0.15) is 0 Å². The van der Waals surface area contributed by atoms with E-state index in [0.717, 1.165) is 13.2 Å². The van der Waals surface area contributed by atoms with E-state index in [1.54, 1.807) is 5.01 Å². The van der Waals surface area contributed by atoms with Crippen LogP contribution in [0.2, 0.25) is 0 Å².